The third-order valence-corrected chi connectivity index (χ3v) is 7.51. The van der Waals surface area contributed by atoms with Gasteiger partial charge in [0.05, 0.1) is 14.2 Å². The predicted octanol–water partition coefficient (Wildman–Crippen LogP) is 5.62. The first kappa shape index (κ1) is 27.4. The number of nitrogens with zero attached hydrogens (tertiary/aromatic N) is 1. The standard InChI is InChI=1S/C32H36N2O6/c1-21-9-12-24(13-10-21)34(32(36)22-11-15-28-29(19-22)40-18-17-39-28)30(31(35)33-23-7-5-4-6-8-23)26-20-25(37-2)14-16-27(26)38-3/h9-16,19-20,23,30H,4-8,17-18H2,1-3H3,(H,33,35)/t30-/m1/s1. The summed E-state index contributed by atoms with van der Waals surface area (Å²) in [6.45, 7) is 2.84. The molecule has 1 heterocycles. The van der Waals surface area contributed by atoms with Crippen LogP contribution in [0, 0.1) is 6.92 Å². The van der Waals surface area contributed by atoms with Gasteiger partial charge in [0.2, 0.25) is 5.91 Å². The number of aryl methyl sites for hydroxylation is 1. The van der Waals surface area contributed by atoms with Gasteiger partial charge < -0.3 is 24.3 Å². The summed E-state index contributed by atoms with van der Waals surface area (Å²) < 4.78 is 22.7. The van der Waals surface area contributed by atoms with Crippen molar-refractivity contribution in [2.45, 2.75) is 51.1 Å². The molecule has 0 saturated heterocycles. The summed E-state index contributed by atoms with van der Waals surface area (Å²) in [7, 11) is 3.13. The van der Waals surface area contributed by atoms with Gasteiger partial charge in [0, 0.05) is 22.9 Å². The van der Waals surface area contributed by atoms with E-state index in [1.54, 1.807) is 55.5 Å². The zero-order chi connectivity index (χ0) is 28.1. The Morgan fingerprint density at radius 1 is 0.875 bits per heavy atom. The van der Waals surface area contributed by atoms with Crippen LogP contribution in [0.1, 0.15) is 59.6 Å². The average Bonchev–Trinajstić information content (AvgIpc) is 3.00. The van der Waals surface area contributed by atoms with Crippen molar-refractivity contribution in [3.8, 4) is 23.0 Å². The van der Waals surface area contributed by atoms with E-state index in [0.29, 0.717) is 53.0 Å². The number of carbonyl (C=O) groups is 2. The largest absolute Gasteiger partial charge is 0.497 e. The third kappa shape index (κ3) is 5.86. The Bertz CT molecular complexity index is 1350. The zero-order valence-corrected chi connectivity index (χ0v) is 23.3. The van der Waals surface area contributed by atoms with Crippen LogP contribution < -0.4 is 29.2 Å². The molecule has 1 fully saturated rings. The van der Waals surface area contributed by atoms with Gasteiger partial charge in [0.25, 0.3) is 5.91 Å². The summed E-state index contributed by atoms with van der Waals surface area (Å²) in [5.74, 6) is 1.51. The number of benzene rings is 3. The van der Waals surface area contributed by atoms with Crippen LogP contribution in [-0.2, 0) is 4.79 Å². The summed E-state index contributed by atoms with van der Waals surface area (Å²) >= 11 is 0. The maximum Gasteiger partial charge on any atom is 0.259 e. The van der Waals surface area contributed by atoms with Crippen LogP contribution in [0.3, 0.4) is 0 Å². The molecule has 5 rings (SSSR count). The van der Waals surface area contributed by atoms with Crippen molar-refractivity contribution in [2.24, 2.45) is 0 Å². The minimum absolute atomic E-state index is 0.0459. The molecule has 0 bridgehead atoms. The molecule has 0 unspecified atom stereocenters. The molecule has 2 aliphatic rings. The Hall–Kier alpha value is -4.20. The minimum atomic E-state index is -1.03. The predicted molar refractivity (Wildman–Crippen MR) is 153 cm³/mol. The van der Waals surface area contributed by atoms with E-state index in [-0.39, 0.29) is 17.9 Å². The number of fused-ring (bicyclic) bond motifs is 1. The highest BCUT2D eigenvalue weighted by Crippen LogP contribution is 2.38. The van der Waals surface area contributed by atoms with Gasteiger partial charge in [-0.2, -0.15) is 0 Å². The molecule has 1 atom stereocenters. The van der Waals surface area contributed by atoms with E-state index in [0.717, 1.165) is 37.7 Å². The van der Waals surface area contributed by atoms with Crippen molar-refractivity contribution in [3.63, 3.8) is 0 Å². The number of methoxy groups -OCH3 is 2. The number of amides is 2. The van der Waals surface area contributed by atoms with Crippen LogP contribution in [0.15, 0.2) is 60.7 Å². The van der Waals surface area contributed by atoms with E-state index < -0.39 is 6.04 Å². The molecule has 8 heteroatoms. The first-order valence-electron chi connectivity index (χ1n) is 13.8. The van der Waals surface area contributed by atoms with Crippen molar-refractivity contribution in [1.82, 2.24) is 5.32 Å². The summed E-state index contributed by atoms with van der Waals surface area (Å²) in [4.78, 5) is 30.3. The second-order valence-electron chi connectivity index (χ2n) is 10.2. The Morgan fingerprint density at radius 2 is 1.60 bits per heavy atom. The topological polar surface area (TPSA) is 86.3 Å². The van der Waals surface area contributed by atoms with Crippen LogP contribution >= 0.6 is 0 Å². The second-order valence-corrected chi connectivity index (χ2v) is 10.2. The van der Waals surface area contributed by atoms with Gasteiger partial charge >= 0.3 is 0 Å². The number of nitrogens with one attached hydrogen (secondary N) is 1. The fourth-order valence-electron chi connectivity index (χ4n) is 5.38. The molecule has 1 N–H and O–H groups in total. The Morgan fingerprint density at radius 3 is 2.30 bits per heavy atom. The molecular formula is C32H36N2O6. The Balaban J connectivity index is 1.65. The van der Waals surface area contributed by atoms with Crippen LogP contribution in [0.25, 0.3) is 0 Å². The number of ether oxygens (including phenoxy) is 4. The van der Waals surface area contributed by atoms with Gasteiger partial charge in [-0.1, -0.05) is 37.0 Å². The number of anilines is 1. The lowest BCUT2D eigenvalue weighted by Gasteiger charge is -2.34. The summed E-state index contributed by atoms with van der Waals surface area (Å²) in [6.07, 6.45) is 5.12. The van der Waals surface area contributed by atoms with Crippen molar-refractivity contribution >= 4 is 17.5 Å². The molecule has 1 aliphatic carbocycles. The molecule has 40 heavy (non-hydrogen) atoms. The van der Waals surface area contributed by atoms with Crippen molar-refractivity contribution in [1.29, 1.82) is 0 Å². The van der Waals surface area contributed by atoms with Gasteiger partial charge in [0.15, 0.2) is 11.5 Å². The molecular weight excluding hydrogens is 508 g/mol. The van der Waals surface area contributed by atoms with E-state index in [1.807, 2.05) is 31.2 Å². The molecule has 0 radical (unpaired) electrons. The van der Waals surface area contributed by atoms with Gasteiger partial charge in [-0.3, -0.25) is 14.5 Å². The van der Waals surface area contributed by atoms with Crippen LogP contribution in [0.4, 0.5) is 5.69 Å². The maximum atomic E-state index is 14.5. The normalized spacial score (nSPS) is 15.6. The van der Waals surface area contributed by atoms with Gasteiger partial charge in [-0.05, 0) is 68.3 Å². The molecule has 8 nitrogen and oxygen atoms in total. The maximum absolute atomic E-state index is 14.5. The number of hydrogen-bond donors (Lipinski definition) is 1. The van der Waals surface area contributed by atoms with E-state index >= 15 is 0 Å². The molecule has 3 aromatic rings. The fourth-order valence-corrected chi connectivity index (χ4v) is 5.38. The van der Waals surface area contributed by atoms with Crippen molar-refractivity contribution < 1.29 is 28.5 Å². The average molecular weight is 545 g/mol. The first-order chi connectivity index (χ1) is 19.5. The van der Waals surface area contributed by atoms with Crippen LogP contribution in [-0.4, -0.2) is 45.3 Å². The lowest BCUT2D eigenvalue weighted by molar-refractivity contribution is -0.123. The van der Waals surface area contributed by atoms with Gasteiger partial charge in [-0.15, -0.1) is 0 Å². The lowest BCUT2D eigenvalue weighted by Crippen LogP contribution is -2.47. The highest BCUT2D eigenvalue weighted by atomic mass is 16.6. The fraction of sp³-hybridized carbons (Fsp3) is 0.375. The smallest absolute Gasteiger partial charge is 0.259 e. The molecule has 1 aliphatic heterocycles. The third-order valence-electron chi connectivity index (χ3n) is 7.51. The second kappa shape index (κ2) is 12.3. The minimum Gasteiger partial charge on any atom is -0.497 e. The Kier molecular flexibility index (Phi) is 8.43. The summed E-state index contributed by atoms with van der Waals surface area (Å²) in [6, 6.07) is 17.0. The van der Waals surface area contributed by atoms with E-state index in [1.165, 1.54) is 0 Å². The van der Waals surface area contributed by atoms with Crippen molar-refractivity contribution in [3.05, 3.63) is 77.4 Å². The van der Waals surface area contributed by atoms with Crippen molar-refractivity contribution in [2.75, 3.05) is 32.3 Å². The Labute approximate surface area is 235 Å². The van der Waals surface area contributed by atoms with E-state index in [9.17, 15) is 9.59 Å². The van der Waals surface area contributed by atoms with Gasteiger partial charge in [-0.25, -0.2) is 0 Å². The van der Waals surface area contributed by atoms with E-state index in [4.69, 9.17) is 18.9 Å². The highest BCUT2D eigenvalue weighted by molar-refractivity contribution is 6.10. The number of hydrogen-bond acceptors (Lipinski definition) is 6. The number of rotatable bonds is 8. The van der Waals surface area contributed by atoms with Gasteiger partial charge in [0.1, 0.15) is 30.8 Å². The lowest BCUT2D eigenvalue weighted by atomic mass is 9.94. The monoisotopic (exact) mass is 544 g/mol. The van der Waals surface area contributed by atoms with Crippen LogP contribution in [0.5, 0.6) is 23.0 Å². The quantitative estimate of drug-likeness (QED) is 0.396. The molecule has 1 saturated carbocycles. The van der Waals surface area contributed by atoms with E-state index in [2.05, 4.69) is 5.32 Å². The highest BCUT2D eigenvalue weighted by Gasteiger charge is 2.37. The SMILES string of the molecule is COc1ccc(OC)c([C@H](C(=O)NC2CCCCC2)N(C(=O)c2ccc3c(c2)OCCO3)c2ccc(C)cc2)c1. The molecule has 210 valence electrons. The molecule has 3 aromatic carbocycles. The zero-order valence-electron chi connectivity index (χ0n) is 23.3. The molecule has 0 spiro atoms. The molecule has 2 amide bonds. The first-order valence-corrected chi connectivity index (χ1v) is 13.8. The summed E-state index contributed by atoms with van der Waals surface area (Å²) in [5.41, 5.74) is 2.53. The summed E-state index contributed by atoms with van der Waals surface area (Å²) in [5, 5.41) is 3.25. The van der Waals surface area contributed by atoms with Crippen LogP contribution in [0.2, 0.25) is 0 Å². The molecule has 0 aromatic heterocycles. The number of carbonyl (C=O) groups excluding carboxylic acids is 2.